The first-order valence-electron chi connectivity index (χ1n) is 4.28. The molecule has 1 rings (SSSR count). The summed E-state index contributed by atoms with van der Waals surface area (Å²) in [7, 11) is 0. The third kappa shape index (κ3) is 3.16. The molecule has 1 aromatic carbocycles. The molecule has 13 heavy (non-hydrogen) atoms. The Morgan fingerprint density at radius 2 is 2.23 bits per heavy atom. The van der Waals surface area contributed by atoms with E-state index in [0.29, 0.717) is 5.76 Å². The minimum Gasteiger partial charge on any atom is -0.458 e. The largest absolute Gasteiger partial charge is 0.458 e. The van der Waals surface area contributed by atoms with Gasteiger partial charge in [-0.3, -0.25) is 0 Å². The molecular weight excluding hydrogens is 160 g/mol. The van der Waals surface area contributed by atoms with E-state index >= 15 is 0 Å². The van der Waals surface area contributed by atoms with Crippen molar-refractivity contribution < 1.29 is 4.74 Å². The molecule has 68 valence electrons. The van der Waals surface area contributed by atoms with Crippen molar-refractivity contribution >= 4 is 0 Å². The number of hydrogen-bond donors (Lipinski definition) is 0. The van der Waals surface area contributed by atoms with Crippen molar-refractivity contribution in [2.75, 3.05) is 0 Å². The van der Waals surface area contributed by atoms with Gasteiger partial charge in [0.05, 0.1) is 0 Å². The Labute approximate surface area is 79.4 Å². The van der Waals surface area contributed by atoms with E-state index in [1.807, 2.05) is 50.3 Å². The Balaban J connectivity index is 2.69. The van der Waals surface area contributed by atoms with Gasteiger partial charge < -0.3 is 4.74 Å². The molecule has 0 aliphatic rings. The zero-order valence-electron chi connectivity index (χ0n) is 8.08. The monoisotopic (exact) mass is 174 g/mol. The van der Waals surface area contributed by atoms with Crippen molar-refractivity contribution in [3.05, 3.63) is 54.3 Å². The summed E-state index contributed by atoms with van der Waals surface area (Å²) in [5.41, 5.74) is 1.19. The van der Waals surface area contributed by atoms with E-state index < -0.39 is 0 Å². The van der Waals surface area contributed by atoms with Gasteiger partial charge >= 0.3 is 0 Å². The lowest BCUT2D eigenvalue weighted by atomic mass is 10.2. The van der Waals surface area contributed by atoms with Crippen LogP contribution in [0.4, 0.5) is 0 Å². The van der Waals surface area contributed by atoms with Crippen LogP contribution in [0, 0.1) is 6.92 Å². The summed E-state index contributed by atoms with van der Waals surface area (Å²) >= 11 is 0. The molecule has 0 aromatic heterocycles. The second-order valence-electron chi connectivity index (χ2n) is 2.88. The lowest BCUT2D eigenvalue weighted by Crippen LogP contribution is -1.89. The van der Waals surface area contributed by atoms with Crippen molar-refractivity contribution in [2.45, 2.75) is 13.8 Å². The third-order valence-corrected chi connectivity index (χ3v) is 1.59. The zero-order chi connectivity index (χ0) is 9.68. The molecular formula is C12H14O. The molecule has 0 saturated carbocycles. The number of allylic oxidation sites excluding steroid dienone is 2. The molecule has 0 saturated heterocycles. The molecule has 0 spiro atoms. The molecule has 0 fully saturated rings. The van der Waals surface area contributed by atoms with Crippen molar-refractivity contribution in [3.63, 3.8) is 0 Å². The fourth-order valence-corrected chi connectivity index (χ4v) is 1.05. The highest BCUT2D eigenvalue weighted by Crippen LogP contribution is 2.15. The average molecular weight is 174 g/mol. The zero-order valence-corrected chi connectivity index (χ0v) is 8.08. The Hall–Kier alpha value is -1.50. The Kier molecular flexibility index (Phi) is 3.32. The highest BCUT2D eigenvalue weighted by Gasteiger charge is 1.93. The van der Waals surface area contributed by atoms with Crippen molar-refractivity contribution in [3.8, 4) is 5.75 Å². The quantitative estimate of drug-likeness (QED) is 0.503. The molecule has 0 aliphatic carbocycles. The van der Waals surface area contributed by atoms with Gasteiger partial charge in [-0.25, -0.2) is 0 Å². The maximum Gasteiger partial charge on any atom is 0.127 e. The molecule has 0 heterocycles. The van der Waals surface area contributed by atoms with Crippen LogP contribution in [0.3, 0.4) is 0 Å². The van der Waals surface area contributed by atoms with Crippen LogP contribution in [0.15, 0.2) is 48.8 Å². The van der Waals surface area contributed by atoms with Gasteiger partial charge in [0.15, 0.2) is 0 Å². The van der Waals surface area contributed by atoms with Gasteiger partial charge in [0, 0.05) is 0 Å². The van der Waals surface area contributed by atoms with Gasteiger partial charge in [0.25, 0.3) is 0 Å². The summed E-state index contributed by atoms with van der Waals surface area (Å²) in [4.78, 5) is 0. The lowest BCUT2D eigenvalue weighted by molar-refractivity contribution is 0.446. The van der Waals surface area contributed by atoms with E-state index in [4.69, 9.17) is 4.74 Å². The van der Waals surface area contributed by atoms with Crippen LogP contribution >= 0.6 is 0 Å². The molecule has 0 radical (unpaired) electrons. The molecule has 1 nitrogen and oxygen atoms in total. The first kappa shape index (κ1) is 9.59. The summed E-state index contributed by atoms with van der Waals surface area (Å²) in [5.74, 6) is 1.50. The van der Waals surface area contributed by atoms with Crippen LogP contribution in [0.5, 0.6) is 5.75 Å². The van der Waals surface area contributed by atoms with Gasteiger partial charge in [-0.2, -0.15) is 0 Å². The van der Waals surface area contributed by atoms with E-state index in [-0.39, 0.29) is 0 Å². The van der Waals surface area contributed by atoms with Crippen LogP contribution in [0.2, 0.25) is 0 Å². The minimum absolute atomic E-state index is 0.660. The molecule has 0 amide bonds. The molecule has 0 bridgehead atoms. The predicted molar refractivity (Wildman–Crippen MR) is 55.8 cm³/mol. The summed E-state index contributed by atoms with van der Waals surface area (Å²) in [5, 5.41) is 0. The Morgan fingerprint density at radius 3 is 2.85 bits per heavy atom. The summed E-state index contributed by atoms with van der Waals surface area (Å²) in [6, 6.07) is 7.90. The maximum absolute atomic E-state index is 5.45. The van der Waals surface area contributed by atoms with Gasteiger partial charge in [0.1, 0.15) is 11.5 Å². The van der Waals surface area contributed by atoms with Gasteiger partial charge in [0.2, 0.25) is 0 Å². The molecule has 1 aromatic rings. The highest BCUT2D eigenvalue weighted by molar-refractivity contribution is 5.29. The summed E-state index contributed by atoms with van der Waals surface area (Å²) in [6.07, 6.45) is 3.74. The average Bonchev–Trinajstić information content (AvgIpc) is 2.04. The minimum atomic E-state index is 0.660. The molecule has 0 N–H and O–H groups in total. The molecule has 0 atom stereocenters. The molecule has 1 heteroatoms. The van der Waals surface area contributed by atoms with Gasteiger partial charge in [-0.05, 0) is 37.6 Å². The third-order valence-electron chi connectivity index (χ3n) is 1.59. The number of aryl methyl sites for hydroxylation is 1. The van der Waals surface area contributed by atoms with Crippen LogP contribution in [-0.4, -0.2) is 0 Å². The van der Waals surface area contributed by atoms with Gasteiger partial charge in [-0.15, -0.1) is 0 Å². The van der Waals surface area contributed by atoms with Gasteiger partial charge in [-0.1, -0.05) is 24.8 Å². The summed E-state index contributed by atoms with van der Waals surface area (Å²) < 4.78 is 5.45. The SMILES string of the molecule is C=C(/C=C\C)Oc1cccc(C)c1. The number of rotatable bonds is 3. The van der Waals surface area contributed by atoms with Crippen LogP contribution in [-0.2, 0) is 0 Å². The van der Waals surface area contributed by atoms with E-state index in [1.165, 1.54) is 5.56 Å². The van der Waals surface area contributed by atoms with Crippen LogP contribution in [0.25, 0.3) is 0 Å². The summed E-state index contributed by atoms with van der Waals surface area (Å²) in [6.45, 7) is 7.73. The fourth-order valence-electron chi connectivity index (χ4n) is 1.05. The van der Waals surface area contributed by atoms with E-state index in [2.05, 4.69) is 6.58 Å². The first-order valence-corrected chi connectivity index (χ1v) is 4.28. The Bertz CT molecular complexity index is 324. The van der Waals surface area contributed by atoms with E-state index in [0.717, 1.165) is 5.75 Å². The second-order valence-corrected chi connectivity index (χ2v) is 2.88. The Morgan fingerprint density at radius 1 is 1.46 bits per heavy atom. The predicted octanol–water partition coefficient (Wildman–Crippen LogP) is 3.46. The first-order chi connectivity index (χ1) is 6.22. The fraction of sp³-hybridized carbons (Fsp3) is 0.167. The normalized spacial score (nSPS) is 10.3. The second kappa shape index (κ2) is 4.51. The number of ether oxygens (including phenoxy) is 1. The van der Waals surface area contributed by atoms with Crippen LogP contribution < -0.4 is 4.74 Å². The molecule has 0 aliphatic heterocycles. The highest BCUT2D eigenvalue weighted by atomic mass is 16.5. The van der Waals surface area contributed by atoms with Crippen LogP contribution in [0.1, 0.15) is 12.5 Å². The smallest absolute Gasteiger partial charge is 0.127 e. The van der Waals surface area contributed by atoms with E-state index in [9.17, 15) is 0 Å². The van der Waals surface area contributed by atoms with E-state index in [1.54, 1.807) is 0 Å². The maximum atomic E-state index is 5.45. The number of hydrogen-bond acceptors (Lipinski definition) is 1. The number of benzene rings is 1. The standard InChI is InChI=1S/C12H14O/c1-4-6-11(3)13-12-8-5-7-10(2)9-12/h4-9H,3H2,1-2H3/b6-4-. The van der Waals surface area contributed by atoms with Crippen molar-refractivity contribution in [1.29, 1.82) is 0 Å². The lowest BCUT2D eigenvalue weighted by Gasteiger charge is -2.04. The van der Waals surface area contributed by atoms with Crippen molar-refractivity contribution in [2.24, 2.45) is 0 Å². The topological polar surface area (TPSA) is 9.23 Å². The molecule has 0 unspecified atom stereocenters. The van der Waals surface area contributed by atoms with Crippen molar-refractivity contribution in [1.82, 2.24) is 0 Å².